The van der Waals surface area contributed by atoms with Crippen LogP contribution >= 0.6 is 22.6 Å². The fourth-order valence-electron chi connectivity index (χ4n) is 2.18. The fourth-order valence-corrected chi connectivity index (χ4v) is 3.02. The van der Waals surface area contributed by atoms with Crippen LogP contribution in [0.5, 0.6) is 11.5 Å². The maximum Gasteiger partial charge on any atom is 0.259 e. The first-order chi connectivity index (χ1) is 12.0. The van der Waals surface area contributed by atoms with E-state index in [0.29, 0.717) is 11.5 Å². The van der Waals surface area contributed by atoms with E-state index in [0.717, 1.165) is 20.4 Å². The van der Waals surface area contributed by atoms with E-state index in [1.54, 1.807) is 26.5 Å². The average Bonchev–Trinajstić information content (AvgIpc) is 2.60. The van der Waals surface area contributed by atoms with Gasteiger partial charge in [0.05, 0.1) is 30.5 Å². The molecular formula is C18H20IN3O3. The van der Waals surface area contributed by atoms with E-state index in [1.807, 2.05) is 37.3 Å². The van der Waals surface area contributed by atoms with Crippen molar-refractivity contribution in [2.75, 3.05) is 26.1 Å². The van der Waals surface area contributed by atoms with Gasteiger partial charge in [-0.05, 0) is 58.8 Å². The molecule has 0 fully saturated rings. The monoisotopic (exact) mass is 453 g/mol. The van der Waals surface area contributed by atoms with Crippen LogP contribution in [0.1, 0.15) is 11.1 Å². The largest absolute Gasteiger partial charge is 0.493 e. The summed E-state index contributed by atoms with van der Waals surface area (Å²) in [6.45, 7) is 2.13. The number of hydrogen-bond donors (Lipinski definition) is 2. The lowest BCUT2D eigenvalue weighted by atomic mass is 10.2. The lowest BCUT2D eigenvalue weighted by Gasteiger charge is -2.10. The van der Waals surface area contributed by atoms with Crippen LogP contribution in [-0.2, 0) is 4.79 Å². The number of anilines is 1. The standard InChI is InChI=1S/C18H20IN3O3/c1-12-6-4-5-7-15(12)20-11-17(23)22-21-10-13-8-14(19)18(25-3)16(9-13)24-2/h4-10,20H,11H2,1-3H3,(H,22,23). The molecule has 2 aromatic carbocycles. The highest BCUT2D eigenvalue weighted by Crippen LogP contribution is 2.32. The number of benzene rings is 2. The first-order valence-electron chi connectivity index (χ1n) is 7.58. The van der Waals surface area contributed by atoms with Crippen LogP contribution in [0.25, 0.3) is 0 Å². The second kappa shape index (κ2) is 9.26. The molecule has 0 aliphatic heterocycles. The van der Waals surface area contributed by atoms with E-state index < -0.39 is 0 Å². The number of carbonyl (C=O) groups is 1. The number of ether oxygens (including phenoxy) is 2. The van der Waals surface area contributed by atoms with E-state index in [2.05, 4.69) is 38.4 Å². The van der Waals surface area contributed by atoms with Gasteiger partial charge in [-0.3, -0.25) is 4.79 Å². The molecule has 0 aliphatic carbocycles. The van der Waals surface area contributed by atoms with Gasteiger partial charge >= 0.3 is 0 Å². The molecule has 2 aromatic rings. The predicted molar refractivity (Wildman–Crippen MR) is 108 cm³/mol. The number of hydrogen-bond acceptors (Lipinski definition) is 5. The van der Waals surface area contributed by atoms with Gasteiger partial charge in [0.2, 0.25) is 0 Å². The Labute approximate surface area is 160 Å². The first-order valence-corrected chi connectivity index (χ1v) is 8.66. The average molecular weight is 453 g/mol. The second-order valence-electron chi connectivity index (χ2n) is 5.20. The molecule has 0 unspecified atom stereocenters. The number of aryl methyl sites for hydroxylation is 1. The number of methoxy groups -OCH3 is 2. The molecule has 1 amide bonds. The van der Waals surface area contributed by atoms with Crippen molar-refractivity contribution >= 4 is 40.4 Å². The Hall–Kier alpha value is -2.29. The molecule has 2 N–H and O–H groups in total. The zero-order chi connectivity index (χ0) is 18.2. The molecule has 25 heavy (non-hydrogen) atoms. The molecule has 0 aromatic heterocycles. The number of carbonyl (C=O) groups excluding carboxylic acids is 1. The minimum atomic E-state index is -0.227. The van der Waals surface area contributed by atoms with Crippen LogP contribution in [0.2, 0.25) is 0 Å². The zero-order valence-electron chi connectivity index (χ0n) is 14.3. The van der Waals surface area contributed by atoms with Crippen molar-refractivity contribution in [3.63, 3.8) is 0 Å². The molecule has 6 nitrogen and oxygen atoms in total. The minimum Gasteiger partial charge on any atom is -0.493 e. The Morgan fingerprint density at radius 3 is 2.68 bits per heavy atom. The molecule has 0 aliphatic rings. The molecule has 0 heterocycles. The van der Waals surface area contributed by atoms with E-state index >= 15 is 0 Å². The third-order valence-corrected chi connectivity index (χ3v) is 4.24. The molecule has 0 radical (unpaired) electrons. The summed E-state index contributed by atoms with van der Waals surface area (Å²) >= 11 is 2.16. The van der Waals surface area contributed by atoms with Crippen LogP contribution in [0, 0.1) is 10.5 Å². The smallest absolute Gasteiger partial charge is 0.259 e. The SMILES string of the molecule is COc1cc(C=NNC(=O)CNc2ccccc2C)cc(I)c1OC. The normalized spacial score (nSPS) is 10.6. The van der Waals surface area contributed by atoms with Crippen LogP contribution in [-0.4, -0.2) is 32.9 Å². The Morgan fingerprint density at radius 2 is 2.00 bits per heavy atom. The topological polar surface area (TPSA) is 72.0 Å². The molecule has 2 rings (SSSR count). The van der Waals surface area contributed by atoms with Gasteiger partial charge < -0.3 is 14.8 Å². The third-order valence-electron chi connectivity index (χ3n) is 3.44. The molecule has 0 saturated heterocycles. The maximum absolute atomic E-state index is 11.9. The summed E-state index contributed by atoms with van der Waals surface area (Å²) in [7, 11) is 3.17. The van der Waals surface area contributed by atoms with Crippen molar-refractivity contribution in [1.29, 1.82) is 0 Å². The summed E-state index contributed by atoms with van der Waals surface area (Å²) in [5.74, 6) is 1.06. The summed E-state index contributed by atoms with van der Waals surface area (Å²) < 4.78 is 11.5. The Balaban J connectivity index is 1.93. The van der Waals surface area contributed by atoms with Crippen molar-refractivity contribution in [2.24, 2.45) is 5.10 Å². The number of rotatable bonds is 7. The number of nitrogens with one attached hydrogen (secondary N) is 2. The van der Waals surface area contributed by atoms with Gasteiger partial charge in [-0.2, -0.15) is 5.10 Å². The summed E-state index contributed by atoms with van der Waals surface area (Å²) in [5, 5.41) is 7.06. The van der Waals surface area contributed by atoms with Crippen molar-refractivity contribution in [3.8, 4) is 11.5 Å². The van der Waals surface area contributed by atoms with E-state index in [-0.39, 0.29) is 12.5 Å². The molecule has 0 bridgehead atoms. The molecule has 0 spiro atoms. The van der Waals surface area contributed by atoms with Gasteiger partial charge in [0.1, 0.15) is 0 Å². The highest BCUT2D eigenvalue weighted by molar-refractivity contribution is 14.1. The summed E-state index contributed by atoms with van der Waals surface area (Å²) in [4.78, 5) is 11.9. The molecule has 0 saturated carbocycles. The summed E-state index contributed by atoms with van der Waals surface area (Å²) in [6, 6.07) is 11.5. The van der Waals surface area contributed by atoms with Gasteiger partial charge in [-0.15, -0.1) is 0 Å². The van der Waals surface area contributed by atoms with Gasteiger partial charge in [-0.1, -0.05) is 18.2 Å². The van der Waals surface area contributed by atoms with Crippen molar-refractivity contribution in [2.45, 2.75) is 6.92 Å². The number of para-hydroxylation sites is 1. The minimum absolute atomic E-state index is 0.145. The lowest BCUT2D eigenvalue weighted by Crippen LogP contribution is -2.26. The molecule has 0 atom stereocenters. The van der Waals surface area contributed by atoms with Crippen LogP contribution in [0.3, 0.4) is 0 Å². The van der Waals surface area contributed by atoms with Crippen LogP contribution in [0.4, 0.5) is 5.69 Å². The van der Waals surface area contributed by atoms with Gasteiger partial charge in [0.25, 0.3) is 5.91 Å². The lowest BCUT2D eigenvalue weighted by molar-refractivity contribution is -0.119. The van der Waals surface area contributed by atoms with Crippen LogP contribution < -0.4 is 20.2 Å². The molecule has 132 valence electrons. The van der Waals surface area contributed by atoms with Crippen molar-refractivity contribution in [1.82, 2.24) is 5.43 Å². The summed E-state index contributed by atoms with van der Waals surface area (Å²) in [6.07, 6.45) is 1.57. The predicted octanol–water partition coefficient (Wildman–Crippen LogP) is 3.18. The van der Waals surface area contributed by atoms with Gasteiger partial charge in [-0.25, -0.2) is 5.43 Å². The molecule has 7 heteroatoms. The molecular weight excluding hydrogens is 433 g/mol. The van der Waals surface area contributed by atoms with Crippen molar-refractivity contribution in [3.05, 3.63) is 51.1 Å². The Bertz CT molecular complexity index is 778. The summed E-state index contributed by atoms with van der Waals surface area (Å²) in [5.41, 5.74) is 5.31. The number of hydrazone groups is 1. The fraction of sp³-hybridized carbons (Fsp3) is 0.222. The Kier molecular flexibility index (Phi) is 7.05. The van der Waals surface area contributed by atoms with Gasteiger partial charge in [0, 0.05) is 5.69 Å². The highest BCUT2D eigenvalue weighted by atomic mass is 127. The Morgan fingerprint density at radius 1 is 1.24 bits per heavy atom. The van der Waals surface area contributed by atoms with E-state index in [1.165, 1.54) is 0 Å². The third kappa shape index (κ3) is 5.35. The van der Waals surface area contributed by atoms with E-state index in [4.69, 9.17) is 9.47 Å². The zero-order valence-corrected chi connectivity index (χ0v) is 16.5. The number of halogens is 1. The van der Waals surface area contributed by atoms with Crippen LogP contribution in [0.15, 0.2) is 41.5 Å². The quantitative estimate of drug-likeness (QED) is 0.384. The van der Waals surface area contributed by atoms with Gasteiger partial charge in [0.15, 0.2) is 11.5 Å². The first kappa shape index (κ1) is 19.0. The number of nitrogens with zero attached hydrogens (tertiary/aromatic N) is 1. The number of amides is 1. The van der Waals surface area contributed by atoms with E-state index in [9.17, 15) is 4.79 Å². The highest BCUT2D eigenvalue weighted by Gasteiger charge is 2.09. The van der Waals surface area contributed by atoms with Crippen molar-refractivity contribution < 1.29 is 14.3 Å². The second-order valence-corrected chi connectivity index (χ2v) is 6.36. The maximum atomic E-state index is 11.9.